The van der Waals surface area contributed by atoms with Crippen LogP contribution in [0.2, 0.25) is 0 Å². The van der Waals surface area contributed by atoms with E-state index in [1.165, 1.54) is 0 Å². The zero-order valence-electron chi connectivity index (χ0n) is 10.4. The molecule has 0 atom stereocenters. The Morgan fingerprint density at radius 1 is 1.56 bits per heavy atom. The molecule has 1 heterocycles. The third kappa shape index (κ3) is 3.92. The monoisotopic (exact) mass is 287 g/mol. The van der Waals surface area contributed by atoms with Crippen LogP contribution in [0.4, 0.5) is 5.82 Å². The van der Waals surface area contributed by atoms with Gasteiger partial charge >= 0.3 is 0 Å². The van der Waals surface area contributed by atoms with Crippen molar-refractivity contribution in [1.82, 2.24) is 4.98 Å². The normalized spacial score (nSPS) is 11.2. The summed E-state index contributed by atoms with van der Waals surface area (Å²) in [5.41, 5.74) is 7.22. The van der Waals surface area contributed by atoms with E-state index in [4.69, 9.17) is 18.0 Å². The van der Waals surface area contributed by atoms with Crippen molar-refractivity contribution in [2.75, 3.05) is 23.4 Å². The number of sulfone groups is 1. The van der Waals surface area contributed by atoms with Gasteiger partial charge in [0.15, 0.2) is 9.84 Å². The van der Waals surface area contributed by atoms with Gasteiger partial charge in [0.1, 0.15) is 10.8 Å². The summed E-state index contributed by atoms with van der Waals surface area (Å²) in [6.07, 6.45) is 1.63. The Kier molecular flexibility index (Phi) is 5.03. The maximum absolute atomic E-state index is 11.4. The van der Waals surface area contributed by atoms with Crippen LogP contribution in [0, 0.1) is 6.92 Å². The number of nitrogens with two attached hydrogens (primary N) is 1. The van der Waals surface area contributed by atoms with Crippen LogP contribution in [0.1, 0.15) is 18.1 Å². The average Bonchev–Trinajstić information content (AvgIpc) is 2.28. The number of thiocarbonyl (C=S) groups is 1. The molecule has 0 aromatic carbocycles. The Labute approximate surface area is 113 Å². The van der Waals surface area contributed by atoms with Crippen molar-refractivity contribution in [3.8, 4) is 0 Å². The van der Waals surface area contributed by atoms with Crippen molar-refractivity contribution in [2.24, 2.45) is 5.73 Å². The van der Waals surface area contributed by atoms with E-state index in [1.807, 2.05) is 13.0 Å². The third-order valence-electron chi connectivity index (χ3n) is 2.55. The molecule has 18 heavy (non-hydrogen) atoms. The number of aromatic nitrogens is 1. The first kappa shape index (κ1) is 14.8. The molecule has 7 heteroatoms. The maximum atomic E-state index is 11.4. The van der Waals surface area contributed by atoms with Crippen molar-refractivity contribution in [3.63, 3.8) is 0 Å². The van der Waals surface area contributed by atoms with E-state index < -0.39 is 9.84 Å². The minimum absolute atomic E-state index is 0.0654. The van der Waals surface area contributed by atoms with Crippen molar-refractivity contribution < 1.29 is 8.42 Å². The zero-order valence-corrected chi connectivity index (χ0v) is 12.1. The number of hydrogen-bond donors (Lipinski definition) is 2. The van der Waals surface area contributed by atoms with Crippen molar-refractivity contribution in [2.45, 2.75) is 13.8 Å². The van der Waals surface area contributed by atoms with Crippen LogP contribution < -0.4 is 11.1 Å². The number of nitrogens with zero attached hydrogens (tertiary/aromatic N) is 1. The van der Waals surface area contributed by atoms with Gasteiger partial charge in [-0.1, -0.05) is 19.1 Å². The van der Waals surface area contributed by atoms with Gasteiger partial charge in [0.25, 0.3) is 0 Å². The number of nitrogens with one attached hydrogen (secondary N) is 1. The van der Waals surface area contributed by atoms with Crippen molar-refractivity contribution in [1.29, 1.82) is 0 Å². The Hall–Kier alpha value is -1.21. The standard InChI is InChI=1S/C11H17N3O2S2/c1-3-18(15,16)7-6-14-11-9(10(12)17)8(2)4-5-13-11/h4-5H,3,6-7H2,1-2H3,(H2,12,17)(H,13,14). The van der Waals surface area contributed by atoms with Crippen LogP contribution in [0.25, 0.3) is 0 Å². The lowest BCUT2D eigenvalue weighted by molar-refractivity contribution is 0.597. The first-order valence-electron chi connectivity index (χ1n) is 5.57. The Bertz CT molecular complexity index is 541. The second-order valence-electron chi connectivity index (χ2n) is 3.88. The van der Waals surface area contributed by atoms with Crippen LogP contribution in [-0.4, -0.2) is 36.4 Å². The van der Waals surface area contributed by atoms with E-state index in [2.05, 4.69) is 10.3 Å². The summed E-state index contributed by atoms with van der Waals surface area (Å²) < 4.78 is 22.7. The predicted molar refractivity (Wildman–Crippen MR) is 77.7 cm³/mol. The number of anilines is 1. The fourth-order valence-electron chi connectivity index (χ4n) is 1.47. The highest BCUT2D eigenvalue weighted by molar-refractivity contribution is 7.91. The van der Waals surface area contributed by atoms with Crippen LogP contribution in [-0.2, 0) is 9.84 Å². The number of rotatable bonds is 6. The van der Waals surface area contributed by atoms with E-state index >= 15 is 0 Å². The summed E-state index contributed by atoms with van der Waals surface area (Å²) in [6, 6.07) is 1.81. The summed E-state index contributed by atoms with van der Waals surface area (Å²) in [6.45, 7) is 3.80. The molecule has 0 amide bonds. The minimum atomic E-state index is -2.99. The molecule has 0 saturated carbocycles. The molecule has 0 aliphatic carbocycles. The molecule has 1 aromatic heterocycles. The van der Waals surface area contributed by atoms with Gasteiger partial charge in [0.2, 0.25) is 0 Å². The summed E-state index contributed by atoms with van der Waals surface area (Å²) in [5.74, 6) is 0.738. The molecule has 3 N–H and O–H groups in total. The summed E-state index contributed by atoms with van der Waals surface area (Å²) in [4.78, 5) is 4.38. The average molecular weight is 287 g/mol. The molecule has 0 bridgehead atoms. The van der Waals surface area contributed by atoms with Gasteiger partial charge in [-0.3, -0.25) is 0 Å². The van der Waals surface area contributed by atoms with E-state index in [1.54, 1.807) is 13.1 Å². The number of pyridine rings is 1. The molecule has 0 radical (unpaired) electrons. The quantitative estimate of drug-likeness (QED) is 0.755. The summed E-state index contributed by atoms with van der Waals surface area (Å²) in [5, 5.41) is 2.97. The van der Waals surface area contributed by atoms with Gasteiger partial charge in [-0.05, 0) is 18.6 Å². The summed E-state index contributed by atoms with van der Waals surface area (Å²) in [7, 11) is -2.99. The van der Waals surface area contributed by atoms with Gasteiger partial charge in [-0.2, -0.15) is 0 Å². The number of aryl methyl sites for hydroxylation is 1. The van der Waals surface area contributed by atoms with Crippen molar-refractivity contribution in [3.05, 3.63) is 23.4 Å². The van der Waals surface area contributed by atoms with Crippen LogP contribution in [0.15, 0.2) is 12.3 Å². The Morgan fingerprint density at radius 3 is 2.78 bits per heavy atom. The van der Waals surface area contributed by atoms with E-state index in [0.29, 0.717) is 17.9 Å². The predicted octanol–water partition coefficient (Wildman–Crippen LogP) is 0.871. The SMILES string of the molecule is CCS(=O)(=O)CCNc1nccc(C)c1C(N)=S. The lowest BCUT2D eigenvalue weighted by atomic mass is 10.1. The topological polar surface area (TPSA) is 85.1 Å². The Balaban J connectivity index is 2.80. The molecule has 1 aromatic rings. The highest BCUT2D eigenvalue weighted by Gasteiger charge is 2.11. The van der Waals surface area contributed by atoms with E-state index in [9.17, 15) is 8.42 Å². The molecule has 0 aliphatic heterocycles. The molecule has 0 aliphatic rings. The van der Waals surface area contributed by atoms with E-state index in [-0.39, 0.29) is 16.5 Å². The summed E-state index contributed by atoms with van der Waals surface area (Å²) >= 11 is 4.96. The molecule has 0 fully saturated rings. The highest BCUT2D eigenvalue weighted by atomic mass is 32.2. The highest BCUT2D eigenvalue weighted by Crippen LogP contribution is 2.16. The lowest BCUT2D eigenvalue weighted by Gasteiger charge is -2.12. The van der Waals surface area contributed by atoms with Crippen molar-refractivity contribution >= 4 is 32.9 Å². The number of hydrogen-bond acceptors (Lipinski definition) is 5. The van der Waals surface area contributed by atoms with Gasteiger partial charge in [0, 0.05) is 18.5 Å². The molecule has 100 valence electrons. The first-order chi connectivity index (χ1) is 8.37. The van der Waals surface area contributed by atoms with Crippen LogP contribution >= 0.6 is 12.2 Å². The fourth-order valence-corrected chi connectivity index (χ4v) is 2.43. The minimum Gasteiger partial charge on any atom is -0.389 e. The zero-order chi connectivity index (χ0) is 13.8. The maximum Gasteiger partial charge on any atom is 0.151 e. The van der Waals surface area contributed by atoms with Gasteiger partial charge in [0.05, 0.1) is 11.3 Å². The van der Waals surface area contributed by atoms with Gasteiger partial charge in [-0.25, -0.2) is 13.4 Å². The molecule has 1 rings (SSSR count). The third-order valence-corrected chi connectivity index (χ3v) is 4.46. The second-order valence-corrected chi connectivity index (χ2v) is 6.79. The van der Waals surface area contributed by atoms with E-state index in [0.717, 1.165) is 5.56 Å². The molecule has 0 spiro atoms. The van der Waals surface area contributed by atoms with Gasteiger partial charge < -0.3 is 11.1 Å². The van der Waals surface area contributed by atoms with Crippen LogP contribution in [0.3, 0.4) is 0 Å². The second kappa shape index (κ2) is 6.10. The smallest absolute Gasteiger partial charge is 0.151 e. The largest absolute Gasteiger partial charge is 0.389 e. The fraction of sp³-hybridized carbons (Fsp3) is 0.455. The van der Waals surface area contributed by atoms with Crippen LogP contribution in [0.5, 0.6) is 0 Å². The Morgan fingerprint density at radius 2 is 2.22 bits per heavy atom. The van der Waals surface area contributed by atoms with Gasteiger partial charge in [-0.15, -0.1) is 0 Å². The molecule has 0 unspecified atom stereocenters. The molecular weight excluding hydrogens is 270 g/mol. The lowest BCUT2D eigenvalue weighted by Crippen LogP contribution is -2.21. The molecular formula is C11H17N3O2S2. The molecule has 5 nitrogen and oxygen atoms in total. The molecule has 0 saturated heterocycles. The first-order valence-corrected chi connectivity index (χ1v) is 7.80.